The van der Waals surface area contributed by atoms with Crippen LogP contribution in [0.25, 0.3) is 6.08 Å². The normalized spacial score (nSPS) is 20.2. The molecule has 1 aliphatic heterocycles. The van der Waals surface area contributed by atoms with Gasteiger partial charge in [0.25, 0.3) is 0 Å². The fraction of sp³-hybridized carbons (Fsp3) is 0.368. The van der Waals surface area contributed by atoms with E-state index in [2.05, 4.69) is 58.5 Å². The van der Waals surface area contributed by atoms with Crippen molar-refractivity contribution in [2.45, 2.75) is 39.3 Å². The highest BCUT2D eigenvalue weighted by molar-refractivity contribution is 7.15. The summed E-state index contributed by atoms with van der Waals surface area (Å²) in [7, 11) is 0. The summed E-state index contributed by atoms with van der Waals surface area (Å²) in [5, 5.41) is 3.44. The second-order valence-electron chi connectivity index (χ2n) is 6.30. The number of hydrogen-bond donors (Lipinski definition) is 1. The standard InChI is InChI=1S/C19H23N3OS/c1-14-10-17(11-16-6-4-3-5-7-16)8-9-22(14)13-18-12-20-19(24-18)21-15(2)23/h3-7,11-12,14H,8-10,13H2,1-2H3,(H,20,21,23)/b17-11+. The van der Waals surface area contributed by atoms with Gasteiger partial charge in [0.05, 0.1) is 0 Å². The van der Waals surface area contributed by atoms with Gasteiger partial charge in [-0.2, -0.15) is 0 Å². The van der Waals surface area contributed by atoms with Crippen molar-refractivity contribution in [3.63, 3.8) is 0 Å². The lowest BCUT2D eigenvalue weighted by Crippen LogP contribution is -2.37. The Morgan fingerprint density at radius 3 is 2.92 bits per heavy atom. The third-order valence-electron chi connectivity index (χ3n) is 4.27. The molecule has 1 N–H and O–H groups in total. The smallest absolute Gasteiger partial charge is 0.223 e. The van der Waals surface area contributed by atoms with E-state index in [4.69, 9.17) is 0 Å². The largest absolute Gasteiger partial charge is 0.302 e. The van der Waals surface area contributed by atoms with E-state index in [1.54, 1.807) is 11.3 Å². The fourth-order valence-electron chi connectivity index (χ4n) is 3.06. The molecule has 1 fully saturated rings. The van der Waals surface area contributed by atoms with E-state index < -0.39 is 0 Å². The van der Waals surface area contributed by atoms with Crippen molar-refractivity contribution in [3.8, 4) is 0 Å². The maximum atomic E-state index is 11.1. The maximum Gasteiger partial charge on any atom is 0.223 e. The molecule has 126 valence electrons. The SMILES string of the molecule is CC(=O)Nc1ncc(CN2CC/C(=C\c3ccccc3)CC2C)s1. The van der Waals surface area contributed by atoms with Gasteiger partial charge in [0, 0.05) is 37.1 Å². The molecule has 0 saturated carbocycles. The average Bonchev–Trinajstić information content (AvgIpc) is 2.97. The molecule has 2 heterocycles. The van der Waals surface area contributed by atoms with E-state index in [0.29, 0.717) is 11.2 Å². The summed E-state index contributed by atoms with van der Waals surface area (Å²) in [4.78, 5) is 19.0. The van der Waals surface area contributed by atoms with Crippen LogP contribution in [-0.4, -0.2) is 28.4 Å². The van der Waals surface area contributed by atoms with Crippen molar-refractivity contribution >= 4 is 28.5 Å². The third-order valence-corrected chi connectivity index (χ3v) is 5.16. The van der Waals surface area contributed by atoms with Crippen LogP contribution in [0, 0.1) is 0 Å². The van der Waals surface area contributed by atoms with Crippen LogP contribution in [0.3, 0.4) is 0 Å². The molecule has 1 aromatic carbocycles. The van der Waals surface area contributed by atoms with Gasteiger partial charge in [-0.05, 0) is 25.3 Å². The zero-order valence-electron chi connectivity index (χ0n) is 14.2. The van der Waals surface area contributed by atoms with Crippen molar-refractivity contribution in [3.05, 3.63) is 52.5 Å². The molecular formula is C19H23N3OS. The van der Waals surface area contributed by atoms with Crippen molar-refractivity contribution in [2.24, 2.45) is 0 Å². The number of hydrogen-bond acceptors (Lipinski definition) is 4. The summed E-state index contributed by atoms with van der Waals surface area (Å²) in [6, 6.07) is 11.1. The first-order valence-corrected chi connectivity index (χ1v) is 9.12. The van der Waals surface area contributed by atoms with E-state index in [9.17, 15) is 4.79 Å². The Kier molecular flexibility index (Phi) is 5.43. The lowest BCUT2D eigenvalue weighted by atomic mass is 9.95. The van der Waals surface area contributed by atoms with Gasteiger partial charge < -0.3 is 5.32 Å². The number of rotatable bonds is 4. The summed E-state index contributed by atoms with van der Waals surface area (Å²) < 4.78 is 0. The summed E-state index contributed by atoms with van der Waals surface area (Å²) in [5.41, 5.74) is 2.81. The number of carbonyl (C=O) groups is 1. The molecule has 1 atom stereocenters. The summed E-state index contributed by atoms with van der Waals surface area (Å²) in [6.45, 7) is 5.76. The number of piperidine rings is 1. The first-order chi connectivity index (χ1) is 11.6. The third kappa shape index (κ3) is 4.52. The number of nitrogens with zero attached hydrogens (tertiary/aromatic N) is 2. The summed E-state index contributed by atoms with van der Waals surface area (Å²) in [5.74, 6) is -0.0714. The zero-order chi connectivity index (χ0) is 16.9. The van der Waals surface area contributed by atoms with Gasteiger partial charge in [0.2, 0.25) is 5.91 Å². The zero-order valence-corrected chi connectivity index (χ0v) is 15.0. The fourth-order valence-corrected chi connectivity index (χ4v) is 3.94. The van der Waals surface area contributed by atoms with Gasteiger partial charge in [0.15, 0.2) is 5.13 Å². The minimum Gasteiger partial charge on any atom is -0.302 e. The monoisotopic (exact) mass is 341 g/mol. The highest BCUT2D eigenvalue weighted by Crippen LogP contribution is 2.27. The molecule has 0 spiro atoms. The van der Waals surface area contributed by atoms with Crippen molar-refractivity contribution in [2.75, 3.05) is 11.9 Å². The van der Waals surface area contributed by atoms with Gasteiger partial charge in [-0.25, -0.2) is 4.98 Å². The Balaban J connectivity index is 1.59. The van der Waals surface area contributed by atoms with Crippen LogP contribution in [0.1, 0.15) is 37.1 Å². The Morgan fingerprint density at radius 1 is 1.42 bits per heavy atom. The van der Waals surface area contributed by atoms with Crippen LogP contribution in [0.5, 0.6) is 0 Å². The van der Waals surface area contributed by atoms with Crippen LogP contribution in [0.4, 0.5) is 5.13 Å². The molecule has 4 nitrogen and oxygen atoms in total. The van der Waals surface area contributed by atoms with Gasteiger partial charge in [-0.1, -0.05) is 42.0 Å². The minimum absolute atomic E-state index is 0.0714. The van der Waals surface area contributed by atoms with Crippen LogP contribution < -0.4 is 5.32 Å². The number of thiazole rings is 1. The molecule has 5 heteroatoms. The molecule has 1 saturated heterocycles. The van der Waals surface area contributed by atoms with Crippen molar-refractivity contribution < 1.29 is 4.79 Å². The molecule has 1 unspecified atom stereocenters. The topological polar surface area (TPSA) is 45.2 Å². The quantitative estimate of drug-likeness (QED) is 0.908. The Labute approximate surface area is 147 Å². The Hall–Kier alpha value is -1.98. The van der Waals surface area contributed by atoms with E-state index in [1.165, 1.54) is 22.9 Å². The van der Waals surface area contributed by atoms with Crippen LogP contribution in [0.2, 0.25) is 0 Å². The van der Waals surface area contributed by atoms with Crippen molar-refractivity contribution in [1.82, 2.24) is 9.88 Å². The molecule has 0 bridgehead atoms. The van der Waals surface area contributed by atoms with Crippen LogP contribution >= 0.6 is 11.3 Å². The minimum atomic E-state index is -0.0714. The van der Waals surface area contributed by atoms with E-state index >= 15 is 0 Å². The maximum absolute atomic E-state index is 11.1. The van der Waals surface area contributed by atoms with Crippen LogP contribution in [-0.2, 0) is 11.3 Å². The predicted molar refractivity (Wildman–Crippen MR) is 99.9 cm³/mol. The molecule has 1 aliphatic rings. The Morgan fingerprint density at radius 2 is 2.21 bits per heavy atom. The van der Waals surface area contributed by atoms with Crippen LogP contribution in [0.15, 0.2) is 42.1 Å². The second-order valence-corrected chi connectivity index (χ2v) is 7.42. The Bertz CT molecular complexity index is 723. The van der Waals surface area contributed by atoms with E-state index in [1.807, 2.05) is 6.20 Å². The highest BCUT2D eigenvalue weighted by Gasteiger charge is 2.22. The molecular weight excluding hydrogens is 318 g/mol. The van der Waals surface area contributed by atoms with Gasteiger partial charge in [0.1, 0.15) is 0 Å². The molecule has 2 aromatic rings. The summed E-state index contributed by atoms with van der Waals surface area (Å²) in [6.07, 6.45) is 6.41. The molecule has 3 rings (SSSR count). The second kappa shape index (κ2) is 7.73. The number of aromatic nitrogens is 1. The molecule has 1 amide bonds. The number of benzene rings is 1. The van der Waals surface area contributed by atoms with Gasteiger partial charge in [-0.3, -0.25) is 9.69 Å². The molecule has 0 radical (unpaired) electrons. The number of carbonyl (C=O) groups excluding carboxylic acids is 1. The first-order valence-electron chi connectivity index (χ1n) is 8.31. The van der Waals surface area contributed by atoms with Crippen molar-refractivity contribution in [1.29, 1.82) is 0 Å². The first kappa shape index (κ1) is 16.9. The lowest BCUT2D eigenvalue weighted by Gasteiger charge is -2.34. The number of anilines is 1. The average molecular weight is 341 g/mol. The van der Waals surface area contributed by atoms with E-state index in [0.717, 1.165) is 25.9 Å². The lowest BCUT2D eigenvalue weighted by molar-refractivity contribution is -0.114. The number of nitrogens with one attached hydrogen (secondary N) is 1. The number of likely N-dealkylation sites (tertiary alicyclic amines) is 1. The van der Waals surface area contributed by atoms with Gasteiger partial charge in [-0.15, -0.1) is 11.3 Å². The summed E-state index contributed by atoms with van der Waals surface area (Å²) >= 11 is 1.56. The molecule has 1 aromatic heterocycles. The highest BCUT2D eigenvalue weighted by atomic mass is 32.1. The van der Waals surface area contributed by atoms with E-state index in [-0.39, 0.29) is 5.91 Å². The molecule has 24 heavy (non-hydrogen) atoms. The molecule has 0 aliphatic carbocycles. The number of amides is 1. The van der Waals surface area contributed by atoms with Gasteiger partial charge >= 0.3 is 0 Å². The predicted octanol–water partition coefficient (Wildman–Crippen LogP) is 4.17.